The number of nitrogens with zero attached hydrogens (tertiary/aromatic N) is 1. The van der Waals surface area contributed by atoms with E-state index in [0.717, 1.165) is 24.2 Å². The van der Waals surface area contributed by atoms with Gasteiger partial charge in [-0.2, -0.15) is 0 Å². The molecule has 2 aromatic rings. The normalized spacial score (nSPS) is 27.2. The van der Waals surface area contributed by atoms with Crippen molar-refractivity contribution in [1.82, 2.24) is 0 Å². The maximum absolute atomic E-state index is 13.4. The zero-order valence-electron chi connectivity index (χ0n) is 18.4. The van der Waals surface area contributed by atoms with Crippen LogP contribution < -0.4 is 10.1 Å². The van der Waals surface area contributed by atoms with Crippen LogP contribution in [0.25, 0.3) is 0 Å². The molecule has 0 saturated heterocycles. The summed E-state index contributed by atoms with van der Waals surface area (Å²) in [7, 11) is 1.57. The molecular formula is C25H28N2O4. The van der Waals surface area contributed by atoms with Crippen LogP contribution in [0.4, 0.5) is 5.69 Å². The number of anilines is 1. The Balaban J connectivity index is 1.56. The minimum absolute atomic E-state index is 0.000828. The van der Waals surface area contributed by atoms with Gasteiger partial charge in [-0.15, -0.1) is 0 Å². The van der Waals surface area contributed by atoms with Gasteiger partial charge in [0.2, 0.25) is 5.91 Å². The molecule has 6 nitrogen and oxygen atoms in total. The number of carbonyl (C=O) groups excluding carboxylic acids is 2. The molecule has 0 spiro atoms. The summed E-state index contributed by atoms with van der Waals surface area (Å²) in [4.78, 5) is 31.2. The number of ether oxygens (including phenoxy) is 1. The zero-order valence-corrected chi connectivity index (χ0v) is 18.4. The second-order valence-corrected chi connectivity index (χ2v) is 9.18. The maximum Gasteiger partial charge on any atom is 0.365 e. The molecule has 31 heavy (non-hydrogen) atoms. The van der Waals surface area contributed by atoms with Crippen LogP contribution in [0, 0.1) is 16.2 Å². The van der Waals surface area contributed by atoms with E-state index >= 15 is 0 Å². The molecular weight excluding hydrogens is 392 g/mol. The number of hydrogen-bond donors (Lipinski definition) is 1. The Labute approximate surface area is 182 Å². The van der Waals surface area contributed by atoms with E-state index in [4.69, 9.17) is 9.57 Å². The first-order valence-electron chi connectivity index (χ1n) is 10.5. The van der Waals surface area contributed by atoms with Crippen molar-refractivity contribution < 1.29 is 19.2 Å². The first-order chi connectivity index (χ1) is 14.7. The van der Waals surface area contributed by atoms with Crippen LogP contribution in [-0.2, 0) is 9.63 Å². The van der Waals surface area contributed by atoms with E-state index in [0.29, 0.717) is 17.7 Å². The number of benzene rings is 2. The van der Waals surface area contributed by atoms with Gasteiger partial charge in [0.15, 0.2) is 0 Å². The van der Waals surface area contributed by atoms with Crippen LogP contribution in [0.1, 0.15) is 50.4 Å². The molecule has 4 rings (SSSR count). The lowest BCUT2D eigenvalue weighted by molar-refractivity contribution is -0.130. The number of rotatable bonds is 5. The molecule has 2 aliphatic carbocycles. The van der Waals surface area contributed by atoms with Crippen molar-refractivity contribution in [2.45, 2.75) is 40.0 Å². The van der Waals surface area contributed by atoms with Crippen molar-refractivity contribution in [2.75, 3.05) is 12.4 Å². The number of hydrogen-bond acceptors (Lipinski definition) is 5. The molecule has 2 saturated carbocycles. The summed E-state index contributed by atoms with van der Waals surface area (Å²) in [6.07, 6.45) is 2.08. The highest BCUT2D eigenvalue weighted by Gasteiger charge is 2.71. The molecule has 0 aliphatic heterocycles. The van der Waals surface area contributed by atoms with E-state index in [1.165, 1.54) is 0 Å². The summed E-state index contributed by atoms with van der Waals surface area (Å²) in [5.74, 6) is 0.137. The van der Waals surface area contributed by atoms with Crippen molar-refractivity contribution in [3.05, 3.63) is 60.2 Å². The first-order valence-corrected chi connectivity index (χ1v) is 10.5. The Hall–Kier alpha value is -3.15. The van der Waals surface area contributed by atoms with E-state index in [1.54, 1.807) is 31.4 Å². The predicted molar refractivity (Wildman–Crippen MR) is 119 cm³/mol. The van der Waals surface area contributed by atoms with E-state index in [2.05, 4.69) is 31.2 Å². The number of oxime groups is 1. The van der Waals surface area contributed by atoms with Gasteiger partial charge < -0.3 is 14.9 Å². The highest BCUT2D eigenvalue weighted by Crippen LogP contribution is 2.71. The number of fused-ring (bicyclic) bond motifs is 2. The van der Waals surface area contributed by atoms with Gasteiger partial charge in [0.1, 0.15) is 5.75 Å². The highest BCUT2D eigenvalue weighted by atomic mass is 16.7. The molecule has 1 N–H and O–H groups in total. The van der Waals surface area contributed by atoms with Crippen LogP contribution in [0.2, 0.25) is 0 Å². The van der Waals surface area contributed by atoms with Crippen molar-refractivity contribution in [3.8, 4) is 5.75 Å². The largest absolute Gasteiger partial charge is 0.497 e. The fourth-order valence-electron chi connectivity index (χ4n) is 5.17. The summed E-state index contributed by atoms with van der Waals surface area (Å²) in [6.45, 7) is 6.37. The lowest BCUT2D eigenvalue weighted by Crippen LogP contribution is -2.43. The standard InChI is InChI=1S/C25H28N2O4/c1-23(2)24(3)14-15-25(23,22(29)26-18-8-6-5-7-9-18)16-20(24)27-31-21(28)17-10-12-19(30-4)13-11-17/h5-13H,14-16H2,1-4H3,(H,26,29)/b27-20+. The van der Waals surface area contributed by atoms with Crippen LogP contribution in [0.15, 0.2) is 59.8 Å². The predicted octanol–water partition coefficient (Wildman–Crippen LogP) is 5.06. The highest BCUT2D eigenvalue weighted by molar-refractivity contribution is 6.06. The number of amides is 1. The summed E-state index contributed by atoms with van der Waals surface area (Å²) < 4.78 is 5.12. The quantitative estimate of drug-likeness (QED) is 0.542. The molecule has 2 fully saturated rings. The summed E-state index contributed by atoms with van der Waals surface area (Å²) >= 11 is 0. The topological polar surface area (TPSA) is 77.0 Å². The average molecular weight is 421 g/mol. The molecule has 2 bridgehead atoms. The molecule has 2 unspecified atom stereocenters. The Morgan fingerprint density at radius 3 is 2.29 bits per heavy atom. The molecule has 2 atom stereocenters. The number of para-hydroxylation sites is 1. The number of nitrogens with one attached hydrogen (secondary N) is 1. The third-order valence-electron chi connectivity index (χ3n) is 7.76. The Kier molecular flexibility index (Phi) is 5.12. The maximum atomic E-state index is 13.4. The Morgan fingerprint density at radius 2 is 1.65 bits per heavy atom. The second kappa shape index (κ2) is 7.52. The SMILES string of the molecule is COc1ccc(C(=O)O/N=C2\CC3(C(=O)Nc4ccccc4)CCC2(C)C3(C)C)cc1. The van der Waals surface area contributed by atoms with Crippen LogP contribution in [0.3, 0.4) is 0 Å². The number of methoxy groups -OCH3 is 1. The smallest absolute Gasteiger partial charge is 0.365 e. The molecule has 0 heterocycles. The average Bonchev–Trinajstić information content (AvgIpc) is 3.09. The molecule has 6 heteroatoms. The first kappa shape index (κ1) is 21.1. The van der Waals surface area contributed by atoms with Crippen molar-refractivity contribution in [1.29, 1.82) is 0 Å². The molecule has 2 aliphatic rings. The van der Waals surface area contributed by atoms with Gasteiger partial charge in [-0.1, -0.05) is 44.1 Å². The van der Waals surface area contributed by atoms with Gasteiger partial charge in [-0.3, -0.25) is 4.79 Å². The van der Waals surface area contributed by atoms with E-state index in [1.807, 2.05) is 30.3 Å². The zero-order chi connectivity index (χ0) is 22.3. The molecule has 2 aromatic carbocycles. The van der Waals surface area contributed by atoms with Crippen LogP contribution in [-0.4, -0.2) is 24.7 Å². The molecule has 0 radical (unpaired) electrons. The number of carbonyl (C=O) groups is 2. The molecule has 162 valence electrons. The van der Waals surface area contributed by atoms with E-state index in [-0.39, 0.29) is 16.7 Å². The Morgan fingerprint density at radius 1 is 0.968 bits per heavy atom. The third kappa shape index (κ3) is 3.21. The fourth-order valence-corrected chi connectivity index (χ4v) is 5.17. The summed E-state index contributed by atoms with van der Waals surface area (Å²) in [5, 5.41) is 7.37. The van der Waals surface area contributed by atoms with Crippen LogP contribution >= 0.6 is 0 Å². The van der Waals surface area contributed by atoms with Crippen LogP contribution in [0.5, 0.6) is 5.75 Å². The summed E-state index contributed by atoms with van der Waals surface area (Å²) in [6, 6.07) is 16.2. The van der Waals surface area contributed by atoms with Gasteiger partial charge >= 0.3 is 5.97 Å². The third-order valence-corrected chi connectivity index (χ3v) is 7.76. The van der Waals surface area contributed by atoms with Crippen molar-refractivity contribution >= 4 is 23.3 Å². The van der Waals surface area contributed by atoms with Gasteiger partial charge in [0.25, 0.3) is 0 Å². The fraction of sp³-hybridized carbons (Fsp3) is 0.400. The second-order valence-electron chi connectivity index (χ2n) is 9.18. The van der Waals surface area contributed by atoms with Gasteiger partial charge in [-0.25, -0.2) is 4.79 Å². The minimum atomic E-state index is -0.594. The van der Waals surface area contributed by atoms with Gasteiger partial charge in [0.05, 0.1) is 23.8 Å². The lowest BCUT2D eigenvalue weighted by Gasteiger charge is -2.39. The lowest BCUT2D eigenvalue weighted by atomic mass is 9.64. The Bertz CT molecular complexity index is 1030. The van der Waals surface area contributed by atoms with Crippen molar-refractivity contribution in [2.24, 2.45) is 21.4 Å². The monoisotopic (exact) mass is 420 g/mol. The van der Waals surface area contributed by atoms with E-state index < -0.39 is 11.4 Å². The van der Waals surface area contributed by atoms with E-state index in [9.17, 15) is 9.59 Å². The van der Waals surface area contributed by atoms with Gasteiger partial charge in [0, 0.05) is 17.5 Å². The molecule has 1 amide bonds. The van der Waals surface area contributed by atoms with Gasteiger partial charge in [-0.05, 0) is 54.7 Å². The molecule has 0 aromatic heterocycles. The van der Waals surface area contributed by atoms with Crippen molar-refractivity contribution in [3.63, 3.8) is 0 Å². The minimum Gasteiger partial charge on any atom is -0.497 e. The summed E-state index contributed by atoms with van der Waals surface area (Å²) in [5.41, 5.74) is 0.708.